The van der Waals surface area contributed by atoms with Crippen LogP contribution in [0, 0.1) is 11.7 Å². The third-order valence-electron chi connectivity index (χ3n) is 4.44. The van der Waals surface area contributed by atoms with Crippen LogP contribution in [0.1, 0.15) is 43.7 Å². The van der Waals surface area contributed by atoms with Crippen LogP contribution in [0.4, 0.5) is 4.39 Å². The van der Waals surface area contributed by atoms with Crippen molar-refractivity contribution < 1.29 is 13.9 Å². The largest absolute Gasteiger partial charge is 0.380 e. The Morgan fingerprint density at radius 2 is 2.04 bits per heavy atom. The quantitative estimate of drug-likeness (QED) is 0.799. The first kappa shape index (κ1) is 19.9. The summed E-state index contributed by atoms with van der Waals surface area (Å²) in [4.78, 5) is 12.3. The summed E-state index contributed by atoms with van der Waals surface area (Å²) in [5.74, 6) is -0.112. The van der Waals surface area contributed by atoms with E-state index in [-0.39, 0.29) is 49.2 Å². The fourth-order valence-corrected chi connectivity index (χ4v) is 3.17. The molecule has 2 atom stereocenters. The Hall–Kier alpha value is -1.17. The van der Waals surface area contributed by atoms with E-state index in [0.29, 0.717) is 11.5 Å². The minimum absolute atomic E-state index is 0. The highest BCUT2D eigenvalue weighted by molar-refractivity contribution is 5.85. The second-order valence-electron chi connectivity index (χ2n) is 5.91. The maximum absolute atomic E-state index is 14.1. The number of nitrogens with one attached hydrogen (secondary N) is 1. The predicted molar refractivity (Wildman–Crippen MR) is 91.0 cm³/mol. The molecule has 0 heterocycles. The van der Waals surface area contributed by atoms with Gasteiger partial charge in [0.1, 0.15) is 5.82 Å². The van der Waals surface area contributed by atoms with Crippen molar-refractivity contribution in [3.05, 3.63) is 35.6 Å². The average molecular weight is 345 g/mol. The van der Waals surface area contributed by atoms with Gasteiger partial charge < -0.3 is 15.8 Å². The topological polar surface area (TPSA) is 64.3 Å². The zero-order chi connectivity index (χ0) is 15.9. The van der Waals surface area contributed by atoms with Crippen LogP contribution in [-0.4, -0.2) is 25.7 Å². The minimum atomic E-state index is -0.301. The lowest BCUT2D eigenvalue weighted by atomic mass is 9.91. The van der Waals surface area contributed by atoms with Crippen molar-refractivity contribution in [2.45, 2.75) is 44.2 Å². The summed E-state index contributed by atoms with van der Waals surface area (Å²) in [5, 5.41) is 3.00. The molecule has 1 saturated carbocycles. The van der Waals surface area contributed by atoms with Crippen LogP contribution in [0.15, 0.2) is 24.3 Å². The molecule has 2 unspecified atom stereocenters. The van der Waals surface area contributed by atoms with Gasteiger partial charge in [0.2, 0.25) is 5.91 Å². The molecule has 2 rings (SSSR count). The third-order valence-corrected chi connectivity index (χ3v) is 4.44. The molecule has 0 radical (unpaired) electrons. The average Bonchev–Trinajstić information content (AvgIpc) is 3.05. The van der Waals surface area contributed by atoms with E-state index in [4.69, 9.17) is 10.5 Å². The lowest BCUT2D eigenvalue weighted by Gasteiger charge is -2.26. The van der Waals surface area contributed by atoms with Gasteiger partial charge in [0.15, 0.2) is 0 Å². The molecule has 6 heteroatoms. The van der Waals surface area contributed by atoms with E-state index in [0.717, 1.165) is 25.7 Å². The number of carbonyl (C=O) groups is 1. The summed E-state index contributed by atoms with van der Waals surface area (Å²) in [7, 11) is 1.54. The lowest BCUT2D eigenvalue weighted by molar-refractivity contribution is -0.124. The normalized spacial score (nSPS) is 17.3. The summed E-state index contributed by atoms with van der Waals surface area (Å²) >= 11 is 0. The first-order valence-corrected chi connectivity index (χ1v) is 7.92. The number of carbonyl (C=O) groups excluding carboxylic acids is 1. The molecule has 0 bridgehead atoms. The van der Waals surface area contributed by atoms with Crippen LogP contribution in [0.3, 0.4) is 0 Å². The van der Waals surface area contributed by atoms with Crippen molar-refractivity contribution in [3.8, 4) is 0 Å². The second kappa shape index (κ2) is 9.85. The van der Waals surface area contributed by atoms with Gasteiger partial charge in [-0.1, -0.05) is 31.0 Å². The van der Waals surface area contributed by atoms with E-state index < -0.39 is 0 Å². The summed E-state index contributed by atoms with van der Waals surface area (Å²) < 4.78 is 19.3. The zero-order valence-corrected chi connectivity index (χ0v) is 14.3. The summed E-state index contributed by atoms with van der Waals surface area (Å²) in [5.41, 5.74) is 6.13. The van der Waals surface area contributed by atoms with Gasteiger partial charge >= 0.3 is 0 Å². The van der Waals surface area contributed by atoms with Crippen molar-refractivity contribution in [1.29, 1.82) is 0 Å². The van der Waals surface area contributed by atoms with Gasteiger partial charge in [0, 0.05) is 19.2 Å². The van der Waals surface area contributed by atoms with Gasteiger partial charge in [-0.15, -0.1) is 12.4 Å². The van der Waals surface area contributed by atoms with Gasteiger partial charge in [-0.3, -0.25) is 4.79 Å². The Balaban J connectivity index is 0.00000264. The molecule has 3 N–H and O–H groups in total. The molecule has 1 aliphatic rings. The fraction of sp³-hybridized carbons (Fsp3) is 0.588. The molecule has 130 valence electrons. The van der Waals surface area contributed by atoms with Gasteiger partial charge in [-0.05, 0) is 24.8 Å². The van der Waals surface area contributed by atoms with E-state index in [2.05, 4.69) is 5.32 Å². The molecule has 4 nitrogen and oxygen atoms in total. The van der Waals surface area contributed by atoms with Crippen molar-refractivity contribution in [2.24, 2.45) is 11.7 Å². The number of nitrogens with two attached hydrogens (primary N) is 1. The number of hydrogen-bond donors (Lipinski definition) is 2. The molecule has 1 fully saturated rings. The van der Waals surface area contributed by atoms with Crippen LogP contribution in [0.2, 0.25) is 0 Å². The van der Waals surface area contributed by atoms with Crippen molar-refractivity contribution in [3.63, 3.8) is 0 Å². The maximum Gasteiger partial charge on any atom is 0.223 e. The molecule has 23 heavy (non-hydrogen) atoms. The van der Waals surface area contributed by atoms with Crippen molar-refractivity contribution in [1.82, 2.24) is 5.32 Å². The monoisotopic (exact) mass is 344 g/mol. The van der Waals surface area contributed by atoms with Crippen molar-refractivity contribution >= 4 is 18.3 Å². The molecule has 0 saturated heterocycles. The maximum atomic E-state index is 14.1. The number of methoxy groups -OCH3 is 1. The summed E-state index contributed by atoms with van der Waals surface area (Å²) in [6.45, 7) is 0.289. The molecular weight excluding hydrogens is 319 g/mol. The van der Waals surface area contributed by atoms with Crippen molar-refractivity contribution in [2.75, 3.05) is 13.7 Å². The van der Waals surface area contributed by atoms with E-state index >= 15 is 0 Å². The molecule has 1 aliphatic carbocycles. The molecular formula is C17H26ClFN2O2. The van der Waals surface area contributed by atoms with Crippen LogP contribution in [0.5, 0.6) is 0 Å². The van der Waals surface area contributed by atoms with Gasteiger partial charge in [0.25, 0.3) is 0 Å². The van der Waals surface area contributed by atoms with Crippen LogP contribution < -0.4 is 11.1 Å². The fourth-order valence-electron chi connectivity index (χ4n) is 3.17. The Kier molecular flexibility index (Phi) is 8.52. The predicted octanol–water partition coefficient (Wildman–Crippen LogP) is 2.96. The van der Waals surface area contributed by atoms with Crippen LogP contribution in [-0.2, 0) is 9.53 Å². The van der Waals surface area contributed by atoms with E-state index in [1.54, 1.807) is 12.1 Å². The molecule has 1 aromatic carbocycles. The number of ether oxygens (including phenoxy) is 1. The lowest BCUT2D eigenvalue weighted by Crippen LogP contribution is -2.37. The molecule has 0 spiro atoms. The Labute approximate surface area is 143 Å². The first-order chi connectivity index (χ1) is 10.7. The highest BCUT2D eigenvalue weighted by atomic mass is 35.5. The highest BCUT2D eigenvalue weighted by Crippen LogP contribution is 2.36. The summed E-state index contributed by atoms with van der Waals surface area (Å²) in [6.07, 6.45) is 4.20. The standard InChI is InChI=1S/C17H25FN2O2.ClH/c1-22-13(11-19)10-16(21)20-17(12-6-2-3-7-12)14-8-4-5-9-15(14)18;/h4-5,8-9,12-13,17H,2-3,6-7,10-11,19H2,1H3,(H,20,21);1H. The van der Waals surface area contributed by atoms with Gasteiger partial charge in [0.05, 0.1) is 18.6 Å². The second-order valence-corrected chi connectivity index (χ2v) is 5.91. The van der Waals surface area contributed by atoms with E-state index in [1.165, 1.54) is 13.2 Å². The number of amides is 1. The number of hydrogen-bond acceptors (Lipinski definition) is 3. The SMILES string of the molecule is COC(CN)CC(=O)NC(c1ccccc1F)C1CCCC1.Cl. The summed E-state index contributed by atoms with van der Waals surface area (Å²) in [6, 6.07) is 6.41. The molecule has 0 aliphatic heterocycles. The first-order valence-electron chi connectivity index (χ1n) is 7.92. The van der Waals surface area contributed by atoms with Crippen LogP contribution in [0.25, 0.3) is 0 Å². The number of benzene rings is 1. The number of rotatable bonds is 7. The van der Waals surface area contributed by atoms with Gasteiger partial charge in [-0.25, -0.2) is 4.39 Å². The van der Waals surface area contributed by atoms with E-state index in [1.807, 2.05) is 6.07 Å². The Bertz CT molecular complexity index is 491. The van der Waals surface area contributed by atoms with E-state index in [9.17, 15) is 9.18 Å². The Morgan fingerprint density at radius 3 is 2.61 bits per heavy atom. The number of halogens is 2. The molecule has 1 amide bonds. The third kappa shape index (κ3) is 5.44. The van der Waals surface area contributed by atoms with Gasteiger partial charge in [-0.2, -0.15) is 0 Å². The van der Waals surface area contributed by atoms with Crippen LogP contribution >= 0.6 is 12.4 Å². The zero-order valence-electron chi connectivity index (χ0n) is 13.5. The smallest absolute Gasteiger partial charge is 0.223 e. The minimum Gasteiger partial charge on any atom is -0.380 e. The molecule has 1 aromatic rings. The molecule has 0 aromatic heterocycles. The Morgan fingerprint density at radius 1 is 1.39 bits per heavy atom. The highest BCUT2D eigenvalue weighted by Gasteiger charge is 2.29.